The van der Waals surface area contributed by atoms with E-state index in [1.165, 1.54) is 48.4 Å². The number of rotatable bonds is 14. The van der Waals surface area contributed by atoms with Gasteiger partial charge in [0.25, 0.3) is 10.0 Å². The van der Waals surface area contributed by atoms with Gasteiger partial charge in [0.15, 0.2) is 0 Å². The number of nitrogens with one attached hydrogen (secondary N) is 1. The van der Waals surface area contributed by atoms with Gasteiger partial charge in [-0.25, -0.2) is 12.8 Å². The Bertz CT molecular complexity index is 1700. The Hall–Kier alpha value is -4.22. The SMILES string of the molecule is COc1ccc(S(=O)(=O)N(CC(=O)N(Cc2ccc(Br)cc2)[C@@H](Cc2ccccc2)C(=O)NCC(C)C)c2ccc(F)cc2)cc1. The van der Waals surface area contributed by atoms with Crippen LogP contribution in [0, 0.1) is 11.7 Å². The molecule has 0 spiro atoms. The van der Waals surface area contributed by atoms with Crippen LogP contribution >= 0.6 is 15.9 Å². The third kappa shape index (κ3) is 9.17. The maximum atomic E-state index is 14.5. The number of hydrogen-bond acceptors (Lipinski definition) is 5. The molecule has 0 bridgehead atoms. The average Bonchev–Trinajstić information content (AvgIpc) is 3.05. The zero-order valence-electron chi connectivity index (χ0n) is 25.9. The molecule has 0 saturated carbocycles. The van der Waals surface area contributed by atoms with E-state index < -0.39 is 34.3 Å². The fourth-order valence-corrected chi connectivity index (χ4v) is 6.45. The number of benzene rings is 4. The van der Waals surface area contributed by atoms with Crippen LogP contribution in [-0.2, 0) is 32.6 Å². The normalized spacial score (nSPS) is 12.0. The lowest BCUT2D eigenvalue weighted by molar-refractivity contribution is -0.140. The van der Waals surface area contributed by atoms with E-state index in [0.717, 1.165) is 32.0 Å². The van der Waals surface area contributed by atoms with Crippen LogP contribution < -0.4 is 14.4 Å². The first-order valence-corrected chi connectivity index (χ1v) is 17.0. The van der Waals surface area contributed by atoms with E-state index in [0.29, 0.717) is 12.3 Å². The van der Waals surface area contributed by atoms with Crippen molar-refractivity contribution in [2.45, 2.75) is 37.8 Å². The summed E-state index contributed by atoms with van der Waals surface area (Å²) in [5.41, 5.74) is 1.68. The summed E-state index contributed by atoms with van der Waals surface area (Å²) in [4.78, 5) is 29.6. The Labute approximate surface area is 278 Å². The molecule has 2 amide bonds. The second kappa shape index (κ2) is 15.9. The molecule has 0 aliphatic rings. The molecule has 242 valence electrons. The van der Waals surface area contributed by atoms with Crippen molar-refractivity contribution in [1.29, 1.82) is 0 Å². The first-order chi connectivity index (χ1) is 22.0. The second-order valence-corrected chi connectivity index (χ2v) is 13.9. The lowest BCUT2D eigenvalue weighted by Crippen LogP contribution is -2.53. The molecule has 1 atom stereocenters. The van der Waals surface area contributed by atoms with Gasteiger partial charge in [0.2, 0.25) is 11.8 Å². The van der Waals surface area contributed by atoms with E-state index in [1.54, 1.807) is 0 Å². The molecule has 4 aromatic rings. The standard InChI is InChI=1S/C35H37BrFN3O5S/c1-25(2)22-38-35(42)33(21-26-7-5-4-6-8-26)39(23-27-9-11-28(36)12-10-27)34(41)24-40(30-15-13-29(37)14-16-30)46(43,44)32-19-17-31(45-3)18-20-32/h4-20,25,33H,21-24H2,1-3H3,(H,38,42)/t33-/m0/s1. The Morgan fingerprint density at radius 3 is 2.09 bits per heavy atom. The van der Waals surface area contributed by atoms with Gasteiger partial charge in [-0.15, -0.1) is 0 Å². The smallest absolute Gasteiger partial charge is 0.264 e. The molecule has 0 aliphatic heterocycles. The number of sulfonamides is 1. The molecule has 1 N–H and O–H groups in total. The maximum Gasteiger partial charge on any atom is 0.264 e. The number of carbonyl (C=O) groups excluding carboxylic acids is 2. The molecule has 0 aromatic heterocycles. The van der Waals surface area contributed by atoms with Crippen molar-refractivity contribution in [1.82, 2.24) is 10.2 Å². The van der Waals surface area contributed by atoms with Crippen LogP contribution in [0.1, 0.15) is 25.0 Å². The molecule has 11 heteroatoms. The predicted octanol–water partition coefficient (Wildman–Crippen LogP) is 6.20. The summed E-state index contributed by atoms with van der Waals surface area (Å²) < 4.78 is 49.1. The highest BCUT2D eigenvalue weighted by Gasteiger charge is 2.34. The number of carbonyl (C=O) groups is 2. The minimum Gasteiger partial charge on any atom is -0.497 e. The fraction of sp³-hybridized carbons (Fsp3) is 0.257. The summed E-state index contributed by atoms with van der Waals surface area (Å²) in [6.45, 7) is 3.75. The first kappa shape index (κ1) is 34.6. The molecule has 0 unspecified atom stereocenters. The Balaban J connectivity index is 1.79. The molecule has 0 radical (unpaired) electrons. The van der Waals surface area contributed by atoms with Gasteiger partial charge in [0.05, 0.1) is 17.7 Å². The average molecular weight is 711 g/mol. The molecule has 46 heavy (non-hydrogen) atoms. The molecule has 0 aliphatic carbocycles. The van der Waals surface area contributed by atoms with Crippen LogP contribution in [-0.4, -0.2) is 51.4 Å². The van der Waals surface area contributed by atoms with Gasteiger partial charge >= 0.3 is 0 Å². The zero-order valence-corrected chi connectivity index (χ0v) is 28.3. The molecular weight excluding hydrogens is 673 g/mol. The molecule has 8 nitrogen and oxygen atoms in total. The number of anilines is 1. The maximum absolute atomic E-state index is 14.5. The molecular formula is C35H37BrFN3O5S. The highest BCUT2D eigenvalue weighted by Crippen LogP contribution is 2.27. The van der Waals surface area contributed by atoms with Crippen LogP contribution in [0.4, 0.5) is 10.1 Å². The van der Waals surface area contributed by atoms with Gasteiger partial charge in [-0.1, -0.05) is 72.2 Å². The van der Waals surface area contributed by atoms with E-state index in [9.17, 15) is 22.4 Å². The van der Waals surface area contributed by atoms with Gasteiger partial charge in [-0.2, -0.15) is 0 Å². The Kier molecular flexibility index (Phi) is 11.9. The van der Waals surface area contributed by atoms with Crippen molar-refractivity contribution < 1.29 is 27.1 Å². The van der Waals surface area contributed by atoms with Crippen LogP contribution in [0.5, 0.6) is 5.75 Å². The molecule has 4 aromatic carbocycles. The van der Waals surface area contributed by atoms with Crippen LogP contribution in [0.2, 0.25) is 0 Å². The number of nitrogens with zero attached hydrogens (tertiary/aromatic N) is 2. The van der Waals surface area contributed by atoms with Gasteiger partial charge in [0, 0.05) is 24.0 Å². The minimum absolute atomic E-state index is 0.0402. The topological polar surface area (TPSA) is 96.0 Å². The van der Waals surface area contributed by atoms with Crippen molar-refractivity contribution in [3.63, 3.8) is 0 Å². The summed E-state index contributed by atoms with van der Waals surface area (Å²) in [7, 11) is -2.86. The van der Waals surface area contributed by atoms with Crippen molar-refractivity contribution in [2.75, 3.05) is 24.5 Å². The number of halogens is 2. The van der Waals surface area contributed by atoms with Gasteiger partial charge in [-0.3, -0.25) is 13.9 Å². The van der Waals surface area contributed by atoms with E-state index in [-0.39, 0.29) is 35.4 Å². The third-order valence-electron chi connectivity index (χ3n) is 7.26. The Morgan fingerprint density at radius 1 is 0.870 bits per heavy atom. The lowest BCUT2D eigenvalue weighted by Gasteiger charge is -2.34. The second-order valence-electron chi connectivity index (χ2n) is 11.2. The molecule has 0 heterocycles. The molecule has 0 fully saturated rings. The van der Waals surface area contributed by atoms with Crippen LogP contribution in [0.25, 0.3) is 0 Å². The van der Waals surface area contributed by atoms with Crippen molar-refractivity contribution in [3.05, 3.63) is 125 Å². The van der Waals surface area contributed by atoms with E-state index >= 15 is 0 Å². The number of amides is 2. The quantitative estimate of drug-likeness (QED) is 0.168. The monoisotopic (exact) mass is 709 g/mol. The highest BCUT2D eigenvalue weighted by molar-refractivity contribution is 9.10. The number of methoxy groups -OCH3 is 1. The van der Waals surface area contributed by atoms with Crippen molar-refractivity contribution in [3.8, 4) is 5.75 Å². The largest absolute Gasteiger partial charge is 0.497 e. The summed E-state index contributed by atoms with van der Waals surface area (Å²) >= 11 is 3.44. The van der Waals surface area contributed by atoms with E-state index in [1.807, 2.05) is 68.4 Å². The number of ether oxygens (including phenoxy) is 1. The summed E-state index contributed by atoms with van der Waals surface area (Å²) in [6, 6.07) is 26.4. The summed E-state index contributed by atoms with van der Waals surface area (Å²) in [5, 5.41) is 2.97. The van der Waals surface area contributed by atoms with Crippen molar-refractivity contribution in [2.24, 2.45) is 5.92 Å². The fourth-order valence-electron chi connectivity index (χ4n) is 4.77. The van der Waals surface area contributed by atoms with Gasteiger partial charge < -0.3 is 15.0 Å². The Morgan fingerprint density at radius 2 is 1.50 bits per heavy atom. The summed E-state index contributed by atoms with van der Waals surface area (Å²) in [5.74, 6) is -0.890. The van der Waals surface area contributed by atoms with Crippen LogP contribution in [0.15, 0.2) is 112 Å². The van der Waals surface area contributed by atoms with Crippen LogP contribution in [0.3, 0.4) is 0 Å². The lowest BCUT2D eigenvalue weighted by atomic mass is 10.0. The van der Waals surface area contributed by atoms with E-state index in [4.69, 9.17) is 4.74 Å². The van der Waals surface area contributed by atoms with Crippen molar-refractivity contribution >= 4 is 43.5 Å². The highest BCUT2D eigenvalue weighted by atomic mass is 79.9. The molecule has 0 saturated heterocycles. The number of hydrogen-bond donors (Lipinski definition) is 1. The van der Waals surface area contributed by atoms with Gasteiger partial charge in [0.1, 0.15) is 24.2 Å². The van der Waals surface area contributed by atoms with E-state index in [2.05, 4.69) is 21.2 Å². The molecule has 4 rings (SSSR count). The summed E-state index contributed by atoms with van der Waals surface area (Å²) in [6.07, 6.45) is 0.203. The predicted molar refractivity (Wildman–Crippen MR) is 180 cm³/mol. The van der Waals surface area contributed by atoms with Gasteiger partial charge in [-0.05, 0) is 77.7 Å². The first-order valence-electron chi connectivity index (χ1n) is 14.8. The zero-order chi connectivity index (χ0) is 33.3. The minimum atomic E-state index is -4.32. The third-order valence-corrected chi connectivity index (χ3v) is 9.58.